The van der Waals surface area contributed by atoms with Gasteiger partial charge in [-0.05, 0) is 69.1 Å². The Morgan fingerprint density at radius 3 is 1.49 bits per heavy atom. The van der Waals surface area contributed by atoms with Crippen molar-refractivity contribution in [2.24, 2.45) is 0 Å². The molecule has 0 radical (unpaired) electrons. The zero-order valence-electron chi connectivity index (χ0n) is 32.1. The van der Waals surface area contributed by atoms with Crippen LogP contribution < -0.4 is 0 Å². The van der Waals surface area contributed by atoms with Gasteiger partial charge in [0.05, 0.1) is 28.6 Å². The zero-order valence-corrected chi connectivity index (χ0v) is 32.1. The molecule has 11 aromatic rings. The molecule has 4 heteroatoms. The van der Waals surface area contributed by atoms with Gasteiger partial charge in [-0.25, -0.2) is 14.5 Å². The van der Waals surface area contributed by atoms with Crippen molar-refractivity contribution in [1.29, 1.82) is 0 Å². The fourth-order valence-corrected chi connectivity index (χ4v) is 8.50. The van der Waals surface area contributed by atoms with Crippen molar-refractivity contribution >= 4 is 27.2 Å². The molecule has 0 amide bonds. The lowest BCUT2D eigenvalue weighted by Gasteiger charge is -2.18. The molecule has 0 aliphatic carbocycles. The van der Waals surface area contributed by atoms with Gasteiger partial charge in [0.25, 0.3) is 0 Å². The van der Waals surface area contributed by atoms with Crippen LogP contribution in [0.3, 0.4) is 0 Å². The van der Waals surface area contributed by atoms with Gasteiger partial charge in [-0.1, -0.05) is 182 Å². The molecular formula is C55H36N4. The quantitative estimate of drug-likeness (QED) is 0.163. The number of pyridine rings is 1. The van der Waals surface area contributed by atoms with Gasteiger partial charge < -0.3 is 0 Å². The lowest BCUT2D eigenvalue weighted by atomic mass is 9.91. The van der Waals surface area contributed by atoms with E-state index in [2.05, 4.69) is 217 Å². The Morgan fingerprint density at radius 1 is 0.339 bits per heavy atom. The number of hydrogen-bond donors (Lipinski definition) is 0. The van der Waals surface area contributed by atoms with E-state index in [1.807, 2.05) is 6.20 Å². The van der Waals surface area contributed by atoms with Gasteiger partial charge in [-0.3, -0.25) is 0 Å². The average molecular weight is 753 g/mol. The SMILES string of the molecule is c1ccc(-c2cc(-c3ccccc3)cc(-c3nc(-c4cccc(-c5c(-c6ccccc6)n6ncc(-c7ccccc7)c6c6ccccc56)c4)c4ccccc4n3)c2)cc1. The molecule has 8 aromatic carbocycles. The van der Waals surface area contributed by atoms with Gasteiger partial charge in [0.2, 0.25) is 0 Å². The largest absolute Gasteiger partial charge is 0.231 e. The molecule has 0 bridgehead atoms. The molecule has 276 valence electrons. The maximum Gasteiger partial charge on any atom is 0.160 e. The van der Waals surface area contributed by atoms with Gasteiger partial charge in [0.15, 0.2) is 5.82 Å². The minimum Gasteiger partial charge on any atom is -0.231 e. The molecule has 0 aliphatic rings. The summed E-state index contributed by atoms with van der Waals surface area (Å²) < 4.78 is 2.14. The van der Waals surface area contributed by atoms with E-state index in [1.54, 1.807) is 0 Å². The highest BCUT2D eigenvalue weighted by molar-refractivity contribution is 6.13. The molecule has 4 nitrogen and oxygen atoms in total. The standard InChI is InChI=1S/C55H36N4/c1-5-18-37(19-6-1)43-33-44(38-20-7-2-8-21-38)35-45(34-43)55-57-50-31-16-15-30-48(50)52(58-55)42-27-17-26-41(32-42)51-46-28-13-14-29-47(46)54-49(39-22-9-3-10-23-39)36-56-59(54)53(51)40-24-11-4-12-25-40/h1-36H. The first-order chi connectivity index (χ1) is 29.3. The molecule has 0 atom stereocenters. The maximum atomic E-state index is 5.45. The van der Waals surface area contributed by atoms with Crippen molar-refractivity contribution in [1.82, 2.24) is 19.6 Å². The maximum absolute atomic E-state index is 5.45. The molecule has 0 spiro atoms. The first-order valence-corrected chi connectivity index (χ1v) is 19.9. The van der Waals surface area contributed by atoms with Crippen molar-refractivity contribution in [3.8, 4) is 78.4 Å². The minimum absolute atomic E-state index is 0.681. The van der Waals surface area contributed by atoms with E-state index in [1.165, 1.54) is 0 Å². The molecule has 0 N–H and O–H groups in total. The summed E-state index contributed by atoms with van der Waals surface area (Å²) in [5, 5.41) is 8.43. The van der Waals surface area contributed by atoms with Crippen molar-refractivity contribution < 1.29 is 0 Å². The summed E-state index contributed by atoms with van der Waals surface area (Å²) in [6.07, 6.45) is 2.01. The number of hydrogen-bond acceptors (Lipinski definition) is 3. The van der Waals surface area contributed by atoms with Crippen molar-refractivity contribution in [3.05, 3.63) is 219 Å². The average Bonchev–Trinajstić information content (AvgIpc) is 3.77. The molecule has 0 aliphatic heterocycles. The molecule has 0 fully saturated rings. The number of para-hydroxylation sites is 1. The monoisotopic (exact) mass is 752 g/mol. The highest BCUT2D eigenvalue weighted by atomic mass is 15.2. The topological polar surface area (TPSA) is 43.1 Å². The fourth-order valence-electron chi connectivity index (χ4n) is 8.50. The smallest absolute Gasteiger partial charge is 0.160 e. The third-order valence-corrected chi connectivity index (χ3v) is 11.2. The molecule has 3 heterocycles. The number of nitrogens with zero attached hydrogens (tertiary/aromatic N) is 4. The van der Waals surface area contributed by atoms with Crippen LogP contribution in [0.25, 0.3) is 106 Å². The van der Waals surface area contributed by atoms with Crippen molar-refractivity contribution in [2.75, 3.05) is 0 Å². The molecule has 3 aromatic heterocycles. The van der Waals surface area contributed by atoms with Gasteiger partial charge in [-0.2, -0.15) is 5.10 Å². The molecule has 0 unspecified atom stereocenters. The van der Waals surface area contributed by atoms with E-state index < -0.39 is 0 Å². The van der Waals surface area contributed by atoms with Crippen LogP contribution in [-0.4, -0.2) is 19.6 Å². The van der Waals surface area contributed by atoms with E-state index >= 15 is 0 Å². The van der Waals surface area contributed by atoms with E-state index in [-0.39, 0.29) is 0 Å². The van der Waals surface area contributed by atoms with Crippen molar-refractivity contribution in [2.45, 2.75) is 0 Å². The number of rotatable bonds is 7. The summed E-state index contributed by atoms with van der Waals surface area (Å²) in [4.78, 5) is 10.7. The normalized spacial score (nSPS) is 11.4. The zero-order chi connectivity index (χ0) is 39.1. The van der Waals surface area contributed by atoms with Gasteiger partial charge in [0, 0.05) is 38.6 Å². The van der Waals surface area contributed by atoms with Crippen LogP contribution in [-0.2, 0) is 0 Å². The Hall–Kier alpha value is -7.95. The molecule has 59 heavy (non-hydrogen) atoms. The number of aromatic nitrogens is 4. The molecular weight excluding hydrogens is 717 g/mol. The Kier molecular flexibility index (Phi) is 8.45. The summed E-state index contributed by atoms with van der Waals surface area (Å²) in [5.74, 6) is 0.681. The lowest BCUT2D eigenvalue weighted by molar-refractivity contribution is 0.976. The Balaban J connectivity index is 1.14. The first-order valence-electron chi connectivity index (χ1n) is 19.9. The molecule has 0 saturated heterocycles. The lowest BCUT2D eigenvalue weighted by Crippen LogP contribution is -2.00. The second kappa shape index (κ2) is 14.5. The Labute approximate surface area is 342 Å². The van der Waals surface area contributed by atoms with Crippen LogP contribution in [0.5, 0.6) is 0 Å². The summed E-state index contributed by atoms with van der Waals surface area (Å²) in [7, 11) is 0. The number of benzene rings is 8. The van der Waals surface area contributed by atoms with Crippen LogP contribution in [0.1, 0.15) is 0 Å². The fraction of sp³-hybridized carbons (Fsp3) is 0. The highest BCUT2D eigenvalue weighted by Gasteiger charge is 2.22. The summed E-state index contributed by atoms with van der Waals surface area (Å²) in [6.45, 7) is 0. The highest BCUT2D eigenvalue weighted by Crippen LogP contribution is 2.44. The molecule has 11 rings (SSSR count). The second-order valence-corrected chi connectivity index (χ2v) is 14.8. The van der Waals surface area contributed by atoms with Gasteiger partial charge in [-0.15, -0.1) is 0 Å². The van der Waals surface area contributed by atoms with Crippen molar-refractivity contribution in [3.63, 3.8) is 0 Å². The second-order valence-electron chi connectivity index (χ2n) is 14.8. The predicted molar refractivity (Wildman–Crippen MR) is 244 cm³/mol. The van der Waals surface area contributed by atoms with Crippen LogP contribution in [0.15, 0.2) is 219 Å². The van der Waals surface area contributed by atoms with E-state index in [0.717, 1.165) is 99.8 Å². The van der Waals surface area contributed by atoms with E-state index in [4.69, 9.17) is 15.1 Å². The van der Waals surface area contributed by atoms with Crippen LogP contribution in [0, 0.1) is 0 Å². The van der Waals surface area contributed by atoms with Crippen LogP contribution >= 0.6 is 0 Å². The Morgan fingerprint density at radius 2 is 0.831 bits per heavy atom. The van der Waals surface area contributed by atoms with E-state index in [0.29, 0.717) is 5.82 Å². The third kappa shape index (κ3) is 6.15. The minimum atomic E-state index is 0.681. The van der Waals surface area contributed by atoms with Gasteiger partial charge >= 0.3 is 0 Å². The summed E-state index contributed by atoms with van der Waals surface area (Å²) in [6, 6.07) is 74.8. The van der Waals surface area contributed by atoms with Crippen LogP contribution in [0.2, 0.25) is 0 Å². The summed E-state index contributed by atoms with van der Waals surface area (Å²) in [5.41, 5.74) is 15.9. The van der Waals surface area contributed by atoms with E-state index in [9.17, 15) is 0 Å². The third-order valence-electron chi connectivity index (χ3n) is 11.2. The Bertz CT molecular complexity index is 3240. The summed E-state index contributed by atoms with van der Waals surface area (Å²) >= 11 is 0. The predicted octanol–water partition coefficient (Wildman–Crippen LogP) is 14.1. The first kappa shape index (κ1) is 34.3. The van der Waals surface area contributed by atoms with Crippen LogP contribution in [0.4, 0.5) is 0 Å². The number of fused-ring (bicyclic) bond motifs is 4. The molecule has 0 saturated carbocycles. The van der Waals surface area contributed by atoms with Gasteiger partial charge in [0.1, 0.15) is 0 Å².